The largest absolute Gasteiger partial charge is 0.326 e. The van der Waals surface area contributed by atoms with Crippen molar-refractivity contribution in [2.75, 3.05) is 11.9 Å². The van der Waals surface area contributed by atoms with Crippen LogP contribution in [0.5, 0.6) is 0 Å². The molecule has 0 fully saturated rings. The van der Waals surface area contributed by atoms with Crippen molar-refractivity contribution < 1.29 is 14.4 Å². The van der Waals surface area contributed by atoms with Crippen LogP contribution in [0.25, 0.3) is 5.57 Å². The normalized spacial score (nSPS) is 14.1. The van der Waals surface area contributed by atoms with Gasteiger partial charge in [0.25, 0.3) is 11.8 Å². The van der Waals surface area contributed by atoms with Crippen LogP contribution in [-0.4, -0.2) is 29.2 Å². The smallest absolute Gasteiger partial charge is 0.273 e. The number of nitrogens with zero attached hydrogens (tertiary/aromatic N) is 1. The standard InChI is InChI=1S/C20H16Cl2N2O3/c1-12(25)23-16-8-4-14(5-9-16)17-18(22)20(27)24(19(17)26)11-10-13-2-6-15(21)7-3-13/h2-9H,10-11H2,1H3,(H,23,25). The lowest BCUT2D eigenvalue weighted by molar-refractivity contribution is -0.136. The number of carbonyl (C=O) groups excluding carboxylic acids is 3. The van der Waals surface area contributed by atoms with Crippen molar-refractivity contribution in [1.82, 2.24) is 4.90 Å². The van der Waals surface area contributed by atoms with Crippen LogP contribution in [0, 0.1) is 0 Å². The van der Waals surface area contributed by atoms with Crippen molar-refractivity contribution in [2.45, 2.75) is 13.3 Å². The number of benzene rings is 2. The van der Waals surface area contributed by atoms with E-state index in [9.17, 15) is 14.4 Å². The van der Waals surface area contributed by atoms with Gasteiger partial charge in [-0.25, -0.2) is 0 Å². The monoisotopic (exact) mass is 402 g/mol. The van der Waals surface area contributed by atoms with Gasteiger partial charge in [-0.3, -0.25) is 19.3 Å². The van der Waals surface area contributed by atoms with Gasteiger partial charge in [0.15, 0.2) is 0 Å². The molecule has 2 aromatic carbocycles. The van der Waals surface area contributed by atoms with Gasteiger partial charge >= 0.3 is 0 Å². The molecule has 0 atom stereocenters. The van der Waals surface area contributed by atoms with Crippen LogP contribution >= 0.6 is 23.2 Å². The Morgan fingerprint density at radius 3 is 2.19 bits per heavy atom. The fourth-order valence-corrected chi connectivity index (χ4v) is 3.23. The lowest BCUT2D eigenvalue weighted by Gasteiger charge is -2.15. The van der Waals surface area contributed by atoms with Gasteiger partial charge in [0.2, 0.25) is 5.91 Å². The Balaban J connectivity index is 1.75. The second-order valence-corrected chi connectivity index (χ2v) is 6.90. The van der Waals surface area contributed by atoms with Crippen LogP contribution in [-0.2, 0) is 20.8 Å². The maximum atomic E-state index is 12.7. The van der Waals surface area contributed by atoms with Gasteiger partial charge in [-0.1, -0.05) is 47.5 Å². The molecule has 0 radical (unpaired) electrons. The van der Waals surface area contributed by atoms with E-state index >= 15 is 0 Å². The molecule has 0 aliphatic carbocycles. The van der Waals surface area contributed by atoms with Crippen LogP contribution in [0.1, 0.15) is 18.1 Å². The van der Waals surface area contributed by atoms with E-state index in [-0.39, 0.29) is 23.1 Å². The highest BCUT2D eigenvalue weighted by Crippen LogP contribution is 2.32. The molecule has 1 aliphatic heterocycles. The molecule has 3 rings (SSSR count). The third kappa shape index (κ3) is 4.21. The zero-order chi connectivity index (χ0) is 19.6. The second-order valence-electron chi connectivity index (χ2n) is 6.09. The summed E-state index contributed by atoms with van der Waals surface area (Å²) in [6.45, 7) is 1.63. The number of carbonyl (C=O) groups is 3. The summed E-state index contributed by atoms with van der Waals surface area (Å²) < 4.78 is 0. The number of amides is 3. The van der Waals surface area contributed by atoms with E-state index in [0.717, 1.165) is 10.5 Å². The van der Waals surface area contributed by atoms with Gasteiger partial charge in [0, 0.05) is 24.2 Å². The third-order valence-electron chi connectivity index (χ3n) is 4.14. The van der Waals surface area contributed by atoms with E-state index in [4.69, 9.17) is 23.2 Å². The Morgan fingerprint density at radius 1 is 0.963 bits per heavy atom. The zero-order valence-corrected chi connectivity index (χ0v) is 16.0. The van der Waals surface area contributed by atoms with Crippen molar-refractivity contribution in [3.05, 3.63) is 69.7 Å². The van der Waals surface area contributed by atoms with Gasteiger partial charge in [0.05, 0.1) is 5.57 Å². The number of halogens is 2. The quantitative estimate of drug-likeness (QED) is 0.772. The average Bonchev–Trinajstić information content (AvgIpc) is 2.84. The Labute approximate surface area is 166 Å². The van der Waals surface area contributed by atoms with Gasteiger partial charge in [-0.2, -0.15) is 0 Å². The first-order valence-electron chi connectivity index (χ1n) is 8.25. The summed E-state index contributed by atoms with van der Waals surface area (Å²) >= 11 is 12.0. The predicted octanol–water partition coefficient (Wildman–Crippen LogP) is 3.86. The minimum atomic E-state index is -0.503. The lowest BCUT2D eigenvalue weighted by atomic mass is 10.1. The van der Waals surface area contributed by atoms with E-state index in [0.29, 0.717) is 22.7 Å². The molecule has 0 saturated heterocycles. The van der Waals surface area contributed by atoms with Crippen molar-refractivity contribution in [1.29, 1.82) is 0 Å². The maximum Gasteiger partial charge on any atom is 0.273 e. The average molecular weight is 403 g/mol. The molecule has 0 spiro atoms. The summed E-state index contributed by atoms with van der Waals surface area (Å²) in [6.07, 6.45) is 0.508. The minimum Gasteiger partial charge on any atom is -0.326 e. The molecule has 2 aromatic rings. The molecular formula is C20H16Cl2N2O3. The van der Waals surface area contributed by atoms with E-state index in [1.54, 1.807) is 36.4 Å². The van der Waals surface area contributed by atoms with E-state index in [1.807, 2.05) is 12.1 Å². The van der Waals surface area contributed by atoms with Crippen LogP contribution in [0.3, 0.4) is 0 Å². The summed E-state index contributed by atoms with van der Waals surface area (Å²) in [4.78, 5) is 37.4. The summed E-state index contributed by atoms with van der Waals surface area (Å²) in [5.74, 6) is -1.12. The SMILES string of the molecule is CC(=O)Nc1ccc(C2=C(Cl)C(=O)N(CCc3ccc(Cl)cc3)C2=O)cc1. The molecular weight excluding hydrogens is 387 g/mol. The highest BCUT2D eigenvalue weighted by atomic mass is 35.5. The fraction of sp³-hybridized carbons (Fsp3) is 0.150. The van der Waals surface area contributed by atoms with Crippen molar-refractivity contribution in [3.63, 3.8) is 0 Å². The second kappa shape index (κ2) is 7.94. The Hall–Kier alpha value is -2.63. The number of hydrogen-bond acceptors (Lipinski definition) is 3. The Kier molecular flexibility index (Phi) is 5.63. The highest BCUT2D eigenvalue weighted by molar-refractivity contribution is 6.55. The predicted molar refractivity (Wildman–Crippen MR) is 105 cm³/mol. The zero-order valence-electron chi connectivity index (χ0n) is 14.5. The lowest BCUT2D eigenvalue weighted by Crippen LogP contribution is -2.33. The van der Waals surface area contributed by atoms with Crippen LogP contribution in [0.4, 0.5) is 5.69 Å². The van der Waals surface area contributed by atoms with Gasteiger partial charge in [-0.05, 0) is 41.8 Å². The maximum absolute atomic E-state index is 12.7. The summed E-state index contributed by atoms with van der Waals surface area (Å²) in [5, 5.41) is 3.18. The van der Waals surface area contributed by atoms with Crippen molar-refractivity contribution in [2.24, 2.45) is 0 Å². The van der Waals surface area contributed by atoms with Crippen LogP contribution in [0.2, 0.25) is 5.02 Å². The van der Waals surface area contributed by atoms with Crippen LogP contribution < -0.4 is 5.32 Å². The molecule has 0 saturated carbocycles. The Bertz CT molecular complexity index is 935. The summed E-state index contributed by atoms with van der Waals surface area (Å²) in [7, 11) is 0. The third-order valence-corrected chi connectivity index (χ3v) is 4.75. The Morgan fingerprint density at radius 2 is 1.59 bits per heavy atom. The molecule has 138 valence electrons. The molecule has 0 aromatic heterocycles. The molecule has 1 heterocycles. The van der Waals surface area contributed by atoms with Gasteiger partial charge in [0.1, 0.15) is 5.03 Å². The molecule has 7 heteroatoms. The molecule has 0 unspecified atom stereocenters. The molecule has 0 bridgehead atoms. The van der Waals surface area contributed by atoms with E-state index in [2.05, 4.69) is 5.32 Å². The number of anilines is 1. The molecule has 1 N–H and O–H groups in total. The number of nitrogens with one attached hydrogen (secondary N) is 1. The van der Waals surface area contributed by atoms with Gasteiger partial charge in [-0.15, -0.1) is 0 Å². The van der Waals surface area contributed by atoms with Gasteiger partial charge < -0.3 is 5.32 Å². The first-order valence-corrected chi connectivity index (χ1v) is 9.01. The van der Waals surface area contributed by atoms with E-state index in [1.165, 1.54) is 6.92 Å². The molecule has 1 aliphatic rings. The molecule has 5 nitrogen and oxygen atoms in total. The first-order chi connectivity index (χ1) is 12.9. The number of hydrogen-bond donors (Lipinski definition) is 1. The molecule has 3 amide bonds. The van der Waals surface area contributed by atoms with Crippen molar-refractivity contribution in [3.8, 4) is 0 Å². The fourth-order valence-electron chi connectivity index (χ4n) is 2.82. The topological polar surface area (TPSA) is 66.5 Å². The highest BCUT2D eigenvalue weighted by Gasteiger charge is 2.37. The molecule has 27 heavy (non-hydrogen) atoms. The summed E-state index contributed by atoms with van der Waals surface area (Å²) in [5.41, 5.74) is 2.26. The summed E-state index contributed by atoms with van der Waals surface area (Å²) in [6, 6.07) is 13.8. The first kappa shape index (κ1) is 19.1. The minimum absolute atomic E-state index is 0.0941. The number of imide groups is 1. The van der Waals surface area contributed by atoms with Crippen LogP contribution in [0.15, 0.2) is 53.6 Å². The number of rotatable bonds is 5. The van der Waals surface area contributed by atoms with Crippen molar-refractivity contribution >= 4 is 52.2 Å². The van der Waals surface area contributed by atoms with E-state index < -0.39 is 11.8 Å².